The number of benzene rings is 3. The summed E-state index contributed by atoms with van der Waals surface area (Å²) in [6, 6.07) is 23.5. The molecule has 272 valence electrons. The maximum absolute atomic E-state index is 2.79. The Hall–Kier alpha value is -1.06. The molecule has 1 aliphatic rings. The summed E-state index contributed by atoms with van der Waals surface area (Å²) in [4.78, 5) is 0. The smallest absolute Gasteiger partial charge is 1.00 e. The van der Waals surface area contributed by atoms with E-state index in [1.165, 1.54) is 73.6 Å². The van der Waals surface area contributed by atoms with Crippen molar-refractivity contribution in [3.05, 3.63) is 109 Å². The molecule has 3 aromatic rings. The molecule has 0 fully saturated rings. The van der Waals surface area contributed by atoms with Gasteiger partial charge in [0.25, 0.3) is 0 Å². The average Bonchev–Trinajstić information content (AvgIpc) is 3.20. The Morgan fingerprint density at radius 3 is 1.08 bits per heavy atom. The SMILES string of the molecule is CCCCc1cc(CCCC)cc([Si](c2cc(C)cc(C)c2)(c2cc(CCCC)cc(CCCC)c2)C2(C)C(C)=C(C)C(C)=[C]2[Ti+3])c1.[Cl-].[Cl-].[Cl-]. The van der Waals surface area contributed by atoms with E-state index in [-0.39, 0.29) is 42.3 Å². The van der Waals surface area contributed by atoms with Crippen LogP contribution in [0.25, 0.3) is 0 Å². The van der Waals surface area contributed by atoms with E-state index in [4.69, 9.17) is 0 Å². The van der Waals surface area contributed by atoms with E-state index >= 15 is 0 Å². The number of unbranched alkanes of at least 4 members (excludes halogenated alkanes) is 4. The van der Waals surface area contributed by atoms with Crippen LogP contribution in [0.15, 0.2) is 75.2 Å². The van der Waals surface area contributed by atoms with Crippen LogP contribution in [0.5, 0.6) is 0 Å². The topological polar surface area (TPSA) is 0 Å². The summed E-state index contributed by atoms with van der Waals surface area (Å²) in [6.45, 7) is 23.9. The zero-order valence-electron chi connectivity index (χ0n) is 32.8. The van der Waals surface area contributed by atoms with Crippen molar-refractivity contribution in [2.75, 3.05) is 0 Å². The summed E-state index contributed by atoms with van der Waals surface area (Å²) in [5.74, 6) is 0. The fraction of sp³-hybridized carbons (Fsp3) is 0.511. The molecule has 0 saturated carbocycles. The van der Waals surface area contributed by atoms with Crippen LogP contribution in [0.4, 0.5) is 0 Å². The van der Waals surface area contributed by atoms with Crippen molar-refractivity contribution in [3.8, 4) is 0 Å². The average molecular weight is 786 g/mol. The van der Waals surface area contributed by atoms with Gasteiger partial charge < -0.3 is 37.2 Å². The molecule has 0 heterocycles. The number of hydrogen-bond donors (Lipinski definition) is 0. The maximum Gasteiger partial charge on any atom is -1.00 e. The quantitative estimate of drug-likeness (QED) is 0.154. The van der Waals surface area contributed by atoms with Crippen molar-refractivity contribution >= 4 is 23.6 Å². The molecule has 0 spiro atoms. The molecule has 50 heavy (non-hydrogen) atoms. The Morgan fingerprint density at radius 2 is 0.800 bits per heavy atom. The van der Waals surface area contributed by atoms with E-state index in [1.54, 1.807) is 47.3 Å². The summed E-state index contributed by atoms with van der Waals surface area (Å²) in [7, 11) is -2.79. The Balaban J connectivity index is 0.00000417. The second-order valence-corrected chi connectivity index (χ2v) is 20.0. The Morgan fingerprint density at radius 1 is 0.480 bits per heavy atom. The number of allylic oxidation sites excluding steroid dienone is 4. The summed E-state index contributed by atoms with van der Waals surface area (Å²) in [6.07, 6.45) is 14.6. The van der Waals surface area contributed by atoms with Gasteiger partial charge in [-0.15, -0.1) is 0 Å². The molecule has 0 saturated heterocycles. The van der Waals surface area contributed by atoms with Crippen LogP contribution < -0.4 is 52.8 Å². The van der Waals surface area contributed by atoms with Crippen molar-refractivity contribution in [1.29, 1.82) is 0 Å². The van der Waals surface area contributed by atoms with Crippen molar-refractivity contribution < 1.29 is 57.7 Å². The van der Waals surface area contributed by atoms with Crippen molar-refractivity contribution in [3.63, 3.8) is 0 Å². The molecular formula is C45H63Cl3SiTi. The molecule has 3 aromatic carbocycles. The second-order valence-electron chi connectivity index (χ2n) is 15.0. The number of rotatable bonds is 16. The van der Waals surface area contributed by atoms with Gasteiger partial charge in [0, 0.05) is 0 Å². The first-order valence-corrected chi connectivity index (χ1v) is 21.7. The molecule has 0 aliphatic heterocycles. The first-order chi connectivity index (χ1) is 22.5. The van der Waals surface area contributed by atoms with E-state index in [0.717, 1.165) is 25.7 Å². The molecule has 0 aromatic heterocycles. The molecular weight excluding hydrogens is 723 g/mol. The van der Waals surface area contributed by atoms with Gasteiger partial charge in [-0.3, -0.25) is 0 Å². The third-order valence-corrected chi connectivity index (χ3v) is 18.7. The van der Waals surface area contributed by atoms with Crippen molar-refractivity contribution in [2.45, 2.75) is 151 Å². The predicted molar refractivity (Wildman–Crippen MR) is 207 cm³/mol. The second kappa shape index (κ2) is 21.0. The van der Waals surface area contributed by atoms with Crippen molar-refractivity contribution in [1.82, 2.24) is 0 Å². The van der Waals surface area contributed by atoms with Gasteiger partial charge in [0.15, 0.2) is 0 Å². The van der Waals surface area contributed by atoms with Crippen LogP contribution >= 0.6 is 0 Å². The van der Waals surface area contributed by atoms with Gasteiger partial charge in [-0.05, 0) is 0 Å². The van der Waals surface area contributed by atoms with Crippen LogP contribution in [0.2, 0.25) is 5.04 Å². The normalized spacial score (nSPS) is 15.9. The number of halogens is 3. The molecule has 0 amide bonds. The minimum atomic E-state index is -2.79. The first kappa shape index (κ1) is 47.0. The van der Waals surface area contributed by atoms with Crippen LogP contribution in [0, 0.1) is 13.8 Å². The number of hydrogen-bond acceptors (Lipinski definition) is 0. The molecule has 0 nitrogen and oxygen atoms in total. The fourth-order valence-electron chi connectivity index (χ4n) is 8.49. The van der Waals surface area contributed by atoms with Crippen molar-refractivity contribution in [2.24, 2.45) is 0 Å². The Labute approximate surface area is 338 Å². The molecule has 0 radical (unpaired) electrons. The third kappa shape index (κ3) is 9.53. The van der Waals surface area contributed by atoms with Gasteiger partial charge >= 0.3 is 304 Å². The van der Waals surface area contributed by atoms with Gasteiger partial charge in [-0.1, -0.05) is 0 Å². The minimum absolute atomic E-state index is 0. The largest absolute Gasteiger partial charge is 1.00 e. The van der Waals surface area contributed by atoms with Crippen LogP contribution in [-0.2, 0) is 46.1 Å². The first-order valence-electron chi connectivity index (χ1n) is 18.9. The van der Waals surface area contributed by atoms with Gasteiger partial charge in [-0.2, -0.15) is 0 Å². The van der Waals surface area contributed by atoms with E-state index < -0.39 is 8.07 Å². The summed E-state index contributed by atoms with van der Waals surface area (Å²) in [5.41, 5.74) is 13.6. The molecule has 1 atom stereocenters. The zero-order chi connectivity index (χ0) is 34.4. The van der Waals surface area contributed by atoms with Crippen LogP contribution in [-0.4, -0.2) is 8.07 Å². The van der Waals surface area contributed by atoms with Gasteiger partial charge in [0.1, 0.15) is 0 Å². The van der Waals surface area contributed by atoms with E-state index in [9.17, 15) is 0 Å². The van der Waals surface area contributed by atoms with E-state index in [0.29, 0.717) is 0 Å². The van der Waals surface area contributed by atoms with E-state index in [2.05, 4.69) is 144 Å². The van der Waals surface area contributed by atoms with Crippen LogP contribution in [0.1, 0.15) is 140 Å². The molecule has 4 rings (SSSR count). The third-order valence-electron chi connectivity index (χ3n) is 11.4. The van der Waals surface area contributed by atoms with E-state index in [1.807, 2.05) is 0 Å². The standard InChI is InChI=1S/C45H63Si.3ClH.Ti/c1-11-15-19-38-26-39(20-16-12-2)29-43(28-38)46(42-24-33(5)23-34(6)25-42,45(10)32-35(7)36(8)37(45)9)44-30-40(21-17-13-3)27-41(31-44)22-18-14-4;;;;/h23-31H,11-22H2,1-10H3;3*1H;/q;;;;+3/p-3. The summed E-state index contributed by atoms with van der Waals surface area (Å²) < 4.78 is 1.58. The maximum atomic E-state index is 2.70. The molecule has 1 unspecified atom stereocenters. The Kier molecular flexibility index (Phi) is 19.7. The minimum Gasteiger partial charge on any atom is -1.00 e. The summed E-state index contributed by atoms with van der Waals surface area (Å²) in [5, 5.41) is 4.75. The van der Waals surface area contributed by atoms with Gasteiger partial charge in [0.05, 0.1) is 0 Å². The van der Waals surface area contributed by atoms with Gasteiger partial charge in [-0.25, -0.2) is 0 Å². The monoisotopic (exact) mass is 784 g/mol. The molecule has 0 N–H and O–H groups in total. The Bertz CT molecular complexity index is 1460. The molecule has 0 bridgehead atoms. The van der Waals surface area contributed by atoms with Crippen LogP contribution in [0.3, 0.4) is 0 Å². The zero-order valence-corrected chi connectivity index (χ0v) is 37.6. The molecule has 1 aliphatic carbocycles. The number of aryl methyl sites for hydroxylation is 6. The van der Waals surface area contributed by atoms with Gasteiger partial charge in [0.2, 0.25) is 0 Å². The fourth-order valence-corrected chi connectivity index (χ4v) is 16.5. The summed E-state index contributed by atoms with van der Waals surface area (Å²) >= 11 is 2.48. The predicted octanol–water partition coefficient (Wildman–Crippen LogP) is 2.09. The molecule has 5 heteroatoms.